The topological polar surface area (TPSA) is 85.5 Å². The van der Waals surface area contributed by atoms with E-state index in [-0.39, 0.29) is 5.91 Å². The van der Waals surface area contributed by atoms with E-state index in [1.54, 1.807) is 18.2 Å². The van der Waals surface area contributed by atoms with E-state index < -0.39 is 0 Å². The molecule has 4 rings (SSSR count). The standard InChI is InChI=1S/C23H20ClN3O4/c1-29-19-12-21(31-3)20(30-2)11-15(19)23(28)25-13-8-9-17-18(10-13)27-22(26-17)14-6-4-5-7-16(14)24/h4-12H,1-3H3,(H,25,28)(H,26,27). The van der Waals surface area contributed by atoms with Gasteiger partial charge in [-0.05, 0) is 30.3 Å². The van der Waals surface area contributed by atoms with E-state index in [4.69, 9.17) is 25.8 Å². The predicted octanol–water partition coefficient (Wildman–Crippen LogP) is 5.16. The van der Waals surface area contributed by atoms with Crippen molar-refractivity contribution >= 4 is 34.2 Å². The molecule has 4 aromatic rings. The van der Waals surface area contributed by atoms with E-state index in [2.05, 4.69) is 15.3 Å². The van der Waals surface area contributed by atoms with Crippen molar-refractivity contribution in [1.29, 1.82) is 0 Å². The van der Waals surface area contributed by atoms with Crippen molar-refractivity contribution in [2.24, 2.45) is 0 Å². The highest BCUT2D eigenvalue weighted by Crippen LogP contribution is 2.35. The lowest BCUT2D eigenvalue weighted by Gasteiger charge is -2.14. The number of methoxy groups -OCH3 is 3. The Morgan fingerprint density at radius 2 is 1.65 bits per heavy atom. The average molecular weight is 438 g/mol. The third-order valence-electron chi connectivity index (χ3n) is 4.82. The van der Waals surface area contributed by atoms with Gasteiger partial charge in [-0.2, -0.15) is 0 Å². The number of aromatic amines is 1. The third-order valence-corrected chi connectivity index (χ3v) is 5.15. The fraction of sp³-hybridized carbons (Fsp3) is 0.130. The van der Waals surface area contributed by atoms with E-state index in [1.165, 1.54) is 21.3 Å². The summed E-state index contributed by atoms with van der Waals surface area (Å²) in [5.74, 6) is 1.59. The minimum atomic E-state index is -0.344. The zero-order valence-electron chi connectivity index (χ0n) is 17.2. The number of hydrogen-bond acceptors (Lipinski definition) is 5. The van der Waals surface area contributed by atoms with E-state index in [9.17, 15) is 4.79 Å². The largest absolute Gasteiger partial charge is 0.496 e. The number of rotatable bonds is 6. The first-order chi connectivity index (χ1) is 15.0. The number of imidazole rings is 1. The van der Waals surface area contributed by atoms with Crippen LogP contribution in [-0.2, 0) is 0 Å². The molecule has 0 aliphatic heterocycles. The average Bonchev–Trinajstić information content (AvgIpc) is 3.21. The highest BCUT2D eigenvalue weighted by atomic mass is 35.5. The van der Waals surface area contributed by atoms with E-state index in [1.807, 2.05) is 36.4 Å². The Balaban J connectivity index is 1.64. The molecule has 3 aromatic carbocycles. The van der Waals surface area contributed by atoms with Crippen LogP contribution in [0.25, 0.3) is 22.4 Å². The van der Waals surface area contributed by atoms with Gasteiger partial charge in [-0.15, -0.1) is 0 Å². The molecular weight excluding hydrogens is 418 g/mol. The van der Waals surface area contributed by atoms with E-state index in [0.717, 1.165) is 16.6 Å². The number of carbonyl (C=O) groups is 1. The van der Waals surface area contributed by atoms with Gasteiger partial charge in [0.25, 0.3) is 5.91 Å². The summed E-state index contributed by atoms with van der Waals surface area (Å²) in [6, 6.07) is 16.1. The lowest BCUT2D eigenvalue weighted by atomic mass is 10.1. The van der Waals surface area contributed by atoms with Crippen LogP contribution in [0.3, 0.4) is 0 Å². The number of nitrogens with one attached hydrogen (secondary N) is 2. The molecule has 8 heteroatoms. The van der Waals surface area contributed by atoms with Gasteiger partial charge >= 0.3 is 0 Å². The van der Waals surface area contributed by atoms with Crippen LogP contribution < -0.4 is 19.5 Å². The summed E-state index contributed by atoms with van der Waals surface area (Å²) >= 11 is 6.28. The van der Waals surface area contributed by atoms with Gasteiger partial charge in [-0.25, -0.2) is 4.98 Å². The minimum Gasteiger partial charge on any atom is -0.496 e. The van der Waals surface area contributed by atoms with Gasteiger partial charge in [-0.3, -0.25) is 4.79 Å². The molecule has 1 aromatic heterocycles. The summed E-state index contributed by atoms with van der Waals surface area (Å²) in [7, 11) is 4.52. The molecule has 0 bridgehead atoms. The van der Waals surface area contributed by atoms with Crippen molar-refractivity contribution in [2.45, 2.75) is 0 Å². The first-order valence-electron chi connectivity index (χ1n) is 9.40. The highest BCUT2D eigenvalue weighted by Gasteiger charge is 2.18. The van der Waals surface area contributed by atoms with Crippen LogP contribution in [0.2, 0.25) is 5.02 Å². The van der Waals surface area contributed by atoms with Gasteiger partial charge in [0.1, 0.15) is 11.6 Å². The van der Waals surface area contributed by atoms with Crippen molar-refractivity contribution in [1.82, 2.24) is 9.97 Å². The third kappa shape index (κ3) is 4.00. The number of nitrogens with zero attached hydrogens (tertiary/aromatic N) is 1. The molecule has 7 nitrogen and oxygen atoms in total. The van der Waals surface area contributed by atoms with E-state index >= 15 is 0 Å². The first-order valence-corrected chi connectivity index (χ1v) is 9.78. The van der Waals surface area contributed by atoms with Crippen molar-refractivity contribution in [2.75, 3.05) is 26.6 Å². The second-order valence-electron chi connectivity index (χ2n) is 6.66. The van der Waals surface area contributed by atoms with Crippen molar-refractivity contribution in [3.8, 4) is 28.6 Å². The maximum Gasteiger partial charge on any atom is 0.259 e. The van der Waals surface area contributed by atoms with Crippen LogP contribution in [0.4, 0.5) is 5.69 Å². The molecule has 0 saturated heterocycles. The molecule has 0 unspecified atom stereocenters. The van der Waals surface area contributed by atoms with Crippen LogP contribution in [-0.4, -0.2) is 37.2 Å². The Bertz CT molecular complexity index is 1270. The number of fused-ring (bicyclic) bond motifs is 1. The van der Waals surface area contributed by atoms with Crippen molar-refractivity contribution in [3.05, 3.63) is 65.2 Å². The number of anilines is 1. The van der Waals surface area contributed by atoms with Gasteiger partial charge in [0.2, 0.25) is 0 Å². The number of benzene rings is 3. The van der Waals surface area contributed by atoms with Gasteiger partial charge < -0.3 is 24.5 Å². The summed E-state index contributed by atoms with van der Waals surface area (Å²) in [5, 5.41) is 3.49. The minimum absolute atomic E-state index is 0.321. The molecular formula is C23H20ClN3O4. The Labute approximate surface area is 183 Å². The Hall–Kier alpha value is -3.71. The molecule has 0 aliphatic carbocycles. The molecule has 31 heavy (non-hydrogen) atoms. The van der Waals surface area contributed by atoms with Crippen molar-refractivity contribution in [3.63, 3.8) is 0 Å². The smallest absolute Gasteiger partial charge is 0.259 e. The quantitative estimate of drug-likeness (QED) is 0.435. The molecule has 0 radical (unpaired) electrons. The zero-order valence-corrected chi connectivity index (χ0v) is 17.9. The summed E-state index contributed by atoms with van der Waals surface area (Å²) in [6.07, 6.45) is 0. The second-order valence-corrected chi connectivity index (χ2v) is 7.07. The predicted molar refractivity (Wildman–Crippen MR) is 121 cm³/mol. The van der Waals surface area contributed by atoms with Gasteiger partial charge in [0.15, 0.2) is 11.5 Å². The van der Waals surface area contributed by atoms with Crippen LogP contribution in [0.1, 0.15) is 10.4 Å². The Kier molecular flexibility index (Phi) is 5.68. The zero-order chi connectivity index (χ0) is 22.0. The summed E-state index contributed by atoms with van der Waals surface area (Å²) in [6.45, 7) is 0. The highest BCUT2D eigenvalue weighted by molar-refractivity contribution is 6.33. The SMILES string of the molecule is COc1cc(OC)c(C(=O)Nc2ccc3nc(-c4ccccc4Cl)[nH]c3c2)cc1OC. The van der Waals surface area contributed by atoms with Crippen LogP contribution in [0.5, 0.6) is 17.2 Å². The monoisotopic (exact) mass is 437 g/mol. The second kappa shape index (κ2) is 8.57. The maximum atomic E-state index is 12.9. The molecule has 1 amide bonds. The molecule has 2 N–H and O–H groups in total. The lowest BCUT2D eigenvalue weighted by molar-refractivity contribution is 0.102. The van der Waals surface area contributed by atoms with Gasteiger partial charge in [0, 0.05) is 23.4 Å². The number of H-pyrrole nitrogens is 1. The molecule has 0 spiro atoms. The number of carbonyl (C=O) groups excluding carboxylic acids is 1. The molecule has 1 heterocycles. The summed E-state index contributed by atoms with van der Waals surface area (Å²) < 4.78 is 15.9. The number of halogens is 1. The van der Waals surface area contributed by atoms with Crippen LogP contribution >= 0.6 is 11.6 Å². The Morgan fingerprint density at radius 1 is 0.935 bits per heavy atom. The van der Waals surface area contributed by atoms with Crippen LogP contribution in [0, 0.1) is 0 Å². The number of hydrogen-bond donors (Lipinski definition) is 2. The van der Waals surface area contributed by atoms with Gasteiger partial charge in [0.05, 0.1) is 42.9 Å². The Morgan fingerprint density at radius 3 is 2.35 bits per heavy atom. The molecule has 0 atom stereocenters. The summed E-state index contributed by atoms with van der Waals surface area (Å²) in [4.78, 5) is 20.8. The first kappa shape index (κ1) is 20.6. The molecule has 158 valence electrons. The fourth-order valence-corrected chi connectivity index (χ4v) is 3.50. The molecule has 0 saturated carbocycles. The number of ether oxygens (including phenoxy) is 3. The maximum absolute atomic E-state index is 12.9. The normalized spacial score (nSPS) is 10.7. The van der Waals surface area contributed by atoms with Crippen molar-refractivity contribution < 1.29 is 19.0 Å². The molecule has 0 fully saturated rings. The van der Waals surface area contributed by atoms with E-state index in [0.29, 0.717) is 39.3 Å². The summed E-state index contributed by atoms with van der Waals surface area (Å²) in [5.41, 5.74) is 3.26. The van der Waals surface area contributed by atoms with Gasteiger partial charge in [-0.1, -0.05) is 23.7 Å². The van der Waals surface area contributed by atoms with Crippen LogP contribution in [0.15, 0.2) is 54.6 Å². The number of aromatic nitrogens is 2. The molecule has 0 aliphatic rings. The number of amides is 1. The fourth-order valence-electron chi connectivity index (χ4n) is 3.27. The lowest BCUT2D eigenvalue weighted by Crippen LogP contribution is -2.13.